The Morgan fingerprint density at radius 2 is 1.60 bits per heavy atom. The minimum absolute atomic E-state index is 0.136. The molecule has 0 spiro atoms. The monoisotopic (exact) mass is 444 g/mol. The van der Waals surface area contributed by atoms with Gasteiger partial charge in [0.1, 0.15) is 22.3 Å². The number of aromatic nitrogens is 2. The Balaban J connectivity index is 1.48. The molecule has 1 fully saturated rings. The van der Waals surface area contributed by atoms with Crippen molar-refractivity contribution in [2.24, 2.45) is 0 Å². The number of ether oxygens (including phenoxy) is 1. The molecule has 2 aromatic carbocycles. The zero-order valence-electron chi connectivity index (χ0n) is 16.4. The SMILES string of the molecule is Cc1nc(Oc2ccccc2)cc(N2CCN(S(=O)(=O)c3ccccc3Cl)CC2)n1. The smallest absolute Gasteiger partial charge is 0.244 e. The van der Waals surface area contributed by atoms with Crippen molar-refractivity contribution in [2.45, 2.75) is 11.8 Å². The van der Waals surface area contributed by atoms with Crippen LogP contribution >= 0.6 is 11.6 Å². The summed E-state index contributed by atoms with van der Waals surface area (Å²) in [5.74, 6) is 2.44. The predicted octanol–water partition coefficient (Wildman–Crippen LogP) is 3.74. The molecular weight excluding hydrogens is 424 g/mol. The topological polar surface area (TPSA) is 75.6 Å². The Bertz CT molecular complexity index is 1130. The molecule has 3 aromatic rings. The molecule has 1 saturated heterocycles. The van der Waals surface area contributed by atoms with Gasteiger partial charge in [-0.25, -0.2) is 13.4 Å². The number of benzene rings is 2. The number of piperazine rings is 1. The van der Waals surface area contributed by atoms with Crippen LogP contribution in [-0.2, 0) is 10.0 Å². The van der Waals surface area contributed by atoms with Gasteiger partial charge in [-0.1, -0.05) is 41.9 Å². The van der Waals surface area contributed by atoms with Gasteiger partial charge in [-0.3, -0.25) is 0 Å². The number of aryl methyl sites for hydroxylation is 1. The Kier molecular flexibility index (Phi) is 5.90. The van der Waals surface area contributed by atoms with Gasteiger partial charge < -0.3 is 9.64 Å². The zero-order chi connectivity index (χ0) is 21.1. The Morgan fingerprint density at radius 3 is 2.30 bits per heavy atom. The molecule has 0 N–H and O–H groups in total. The molecule has 1 aromatic heterocycles. The van der Waals surface area contributed by atoms with E-state index in [1.165, 1.54) is 10.4 Å². The van der Waals surface area contributed by atoms with E-state index in [0.29, 0.717) is 49.5 Å². The highest BCUT2D eigenvalue weighted by Gasteiger charge is 2.30. The first kappa shape index (κ1) is 20.6. The minimum Gasteiger partial charge on any atom is -0.439 e. The lowest BCUT2D eigenvalue weighted by atomic mass is 10.3. The van der Waals surface area contributed by atoms with Crippen LogP contribution in [0, 0.1) is 6.92 Å². The molecule has 0 amide bonds. The fourth-order valence-electron chi connectivity index (χ4n) is 3.30. The third-order valence-electron chi connectivity index (χ3n) is 4.78. The maximum Gasteiger partial charge on any atom is 0.244 e. The molecule has 7 nitrogen and oxygen atoms in total. The number of halogens is 1. The van der Waals surface area contributed by atoms with Crippen molar-refractivity contribution in [1.29, 1.82) is 0 Å². The van der Waals surface area contributed by atoms with E-state index < -0.39 is 10.0 Å². The fraction of sp³-hybridized carbons (Fsp3) is 0.238. The number of hydrogen-bond donors (Lipinski definition) is 0. The van der Waals surface area contributed by atoms with E-state index in [1.54, 1.807) is 31.2 Å². The van der Waals surface area contributed by atoms with E-state index in [1.807, 2.05) is 35.2 Å². The number of para-hydroxylation sites is 1. The van der Waals surface area contributed by atoms with Crippen molar-refractivity contribution in [3.8, 4) is 11.6 Å². The summed E-state index contributed by atoms with van der Waals surface area (Å²) in [7, 11) is -3.64. The van der Waals surface area contributed by atoms with E-state index in [4.69, 9.17) is 16.3 Å². The van der Waals surface area contributed by atoms with Crippen LogP contribution in [0.15, 0.2) is 65.6 Å². The third-order valence-corrected chi connectivity index (χ3v) is 7.18. The first-order valence-corrected chi connectivity index (χ1v) is 11.3. The zero-order valence-corrected chi connectivity index (χ0v) is 18.0. The third kappa shape index (κ3) is 4.40. The van der Waals surface area contributed by atoms with E-state index in [-0.39, 0.29) is 9.92 Å². The van der Waals surface area contributed by atoms with Gasteiger partial charge in [-0.15, -0.1) is 0 Å². The van der Waals surface area contributed by atoms with Crippen molar-refractivity contribution in [3.05, 3.63) is 71.5 Å². The van der Waals surface area contributed by atoms with Gasteiger partial charge in [0.2, 0.25) is 15.9 Å². The van der Waals surface area contributed by atoms with Crippen LogP contribution in [0.5, 0.6) is 11.6 Å². The molecule has 9 heteroatoms. The molecule has 2 heterocycles. The van der Waals surface area contributed by atoms with E-state index in [2.05, 4.69) is 9.97 Å². The Morgan fingerprint density at radius 1 is 0.933 bits per heavy atom. The summed E-state index contributed by atoms with van der Waals surface area (Å²) in [5, 5.41) is 0.231. The van der Waals surface area contributed by atoms with Crippen molar-refractivity contribution in [2.75, 3.05) is 31.1 Å². The van der Waals surface area contributed by atoms with Crippen molar-refractivity contribution < 1.29 is 13.2 Å². The van der Waals surface area contributed by atoms with E-state index in [9.17, 15) is 8.42 Å². The highest BCUT2D eigenvalue weighted by atomic mass is 35.5. The second-order valence-corrected chi connectivity index (χ2v) is 9.16. The van der Waals surface area contributed by atoms with Crippen molar-refractivity contribution in [3.63, 3.8) is 0 Å². The van der Waals surface area contributed by atoms with E-state index >= 15 is 0 Å². The average molecular weight is 445 g/mol. The lowest BCUT2D eigenvalue weighted by Gasteiger charge is -2.34. The van der Waals surface area contributed by atoms with Crippen LogP contribution in [0.2, 0.25) is 5.02 Å². The summed E-state index contributed by atoms with van der Waals surface area (Å²) in [4.78, 5) is 11.0. The summed E-state index contributed by atoms with van der Waals surface area (Å²) in [6, 6.07) is 17.7. The maximum atomic E-state index is 12.9. The molecule has 0 radical (unpaired) electrons. The molecule has 0 atom stereocenters. The van der Waals surface area contributed by atoms with Crippen LogP contribution in [-0.4, -0.2) is 48.9 Å². The highest BCUT2D eigenvalue weighted by Crippen LogP contribution is 2.27. The van der Waals surface area contributed by atoms with Gasteiger partial charge in [-0.2, -0.15) is 9.29 Å². The van der Waals surface area contributed by atoms with Crippen molar-refractivity contribution >= 4 is 27.4 Å². The largest absolute Gasteiger partial charge is 0.439 e. The average Bonchev–Trinajstić information content (AvgIpc) is 2.74. The molecular formula is C21H21ClN4O3S. The number of sulfonamides is 1. The molecule has 1 aliphatic heterocycles. The Labute approximate surface area is 181 Å². The quantitative estimate of drug-likeness (QED) is 0.596. The first-order chi connectivity index (χ1) is 14.4. The molecule has 4 rings (SSSR count). The van der Waals surface area contributed by atoms with Crippen LogP contribution in [0.4, 0.5) is 5.82 Å². The van der Waals surface area contributed by atoms with Gasteiger partial charge in [0.25, 0.3) is 0 Å². The molecule has 0 saturated carbocycles. The second-order valence-electron chi connectivity index (χ2n) is 6.85. The lowest BCUT2D eigenvalue weighted by Crippen LogP contribution is -2.49. The van der Waals surface area contributed by atoms with Crippen LogP contribution in [0.25, 0.3) is 0 Å². The number of rotatable bonds is 5. The van der Waals surface area contributed by atoms with Gasteiger partial charge in [-0.05, 0) is 31.2 Å². The summed E-state index contributed by atoms with van der Waals surface area (Å²) < 4.78 is 33.2. The molecule has 1 aliphatic rings. The number of hydrogen-bond acceptors (Lipinski definition) is 6. The van der Waals surface area contributed by atoms with E-state index in [0.717, 1.165) is 0 Å². The second kappa shape index (κ2) is 8.59. The van der Waals surface area contributed by atoms with Crippen molar-refractivity contribution in [1.82, 2.24) is 14.3 Å². The summed E-state index contributed by atoms with van der Waals surface area (Å²) >= 11 is 6.11. The molecule has 156 valence electrons. The predicted molar refractivity (Wildman–Crippen MR) is 116 cm³/mol. The van der Waals surface area contributed by atoms with Gasteiger partial charge in [0.05, 0.1) is 5.02 Å². The minimum atomic E-state index is -3.64. The van der Waals surface area contributed by atoms with Gasteiger partial charge in [0, 0.05) is 32.2 Å². The lowest BCUT2D eigenvalue weighted by molar-refractivity contribution is 0.383. The summed E-state index contributed by atoms with van der Waals surface area (Å²) in [5.41, 5.74) is 0. The normalized spacial score (nSPS) is 15.2. The first-order valence-electron chi connectivity index (χ1n) is 9.52. The molecule has 0 unspecified atom stereocenters. The maximum absolute atomic E-state index is 12.9. The number of nitrogens with zero attached hydrogens (tertiary/aromatic N) is 4. The van der Waals surface area contributed by atoms with Crippen LogP contribution in [0.1, 0.15) is 5.82 Å². The molecule has 0 aliphatic carbocycles. The molecule has 30 heavy (non-hydrogen) atoms. The van der Waals surface area contributed by atoms with Crippen LogP contribution < -0.4 is 9.64 Å². The molecule has 0 bridgehead atoms. The Hall–Kier alpha value is -2.68. The van der Waals surface area contributed by atoms with Gasteiger partial charge >= 0.3 is 0 Å². The highest BCUT2D eigenvalue weighted by molar-refractivity contribution is 7.89. The van der Waals surface area contributed by atoms with Gasteiger partial charge in [0.15, 0.2) is 0 Å². The standard InChI is InChI=1S/C21H21ClN4O3S/c1-16-23-20(15-21(24-16)29-17-7-3-2-4-8-17)25-11-13-26(14-12-25)30(27,28)19-10-6-5-9-18(19)22/h2-10,15H,11-14H2,1H3. The summed E-state index contributed by atoms with van der Waals surface area (Å²) in [6.45, 7) is 3.49. The number of anilines is 1. The van der Waals surface area contributed by atoms with Crippen LogP contribution in [0.3, 0.4) is 0 Å². The summed E-state index contributed by atoms with van der Waals surface area (Å²) in [6.07, 6.45) is 0. The fourth-order valence-corrected chi connectivity index (χ4v) is 5.21.